The minimum Gasteiger partial charge on any atom is -0.489 e. The lowest BCUT2D eigenvalue weighted by molar-refractivity contribution is -0.136. The van der Waals surface area contributed by atoms with Gasteiger partial charge < -0.3 is 15.2 Å². The molecule has 4 nitrogen and oxygen atoms in total. The molecule has 0 spiro atoms. The predicted octanol–water partition coefficient (Wildman–Crippen LogP) is 4.07. The van der Waals surface area contributed by atoms with Crippen molar-refractivity contribution < 1.29 is 19.0 Å². The van der Waals surface area contributed by atoms with Gasteiger partial charge in [0.1, 0.15) is 18.2 Å². The van der Waals surface area contributed by atoms with Crippen molar-refractivity contribution in [1.29, 1.82) is 0 Å². The minimum atomic E-state index is -0.494. The molecule has 29 heavy (non-hydrogen) atoms. The van der Waals surface area contributed by atoms with Gasteiger partial charge in [-0.15, -0.1) is 0 Å². The van der Waals surface area contributed by atoms with Crippen LogP contribution in [0.4, 0.5) is 4.39 Å². The summed E-state index contributed by atoms with van der Waals surface area (Å²) in [6.45, 7) is 0.318. The maximum absolute atomic E-state index is 13.0. The van der Waals surface area contributed by atoms with Crippen molar-refractivity contribution in [1.82, 2.24) is 5.32 Å². The molecule has 0 heterocycles. The highest BCUT2D eigenvalue weighted by Crippen LogP contribution is 2.55. The lowest BCUT2D eigenvalue weighted by Gasteiger charge is -2.58. The standard InChI is InChI=1S/C24H26FNO3/c25-20-6-4-15(5-7-20)14-29-21-3-1-2-17(10-21)23(27)26-22-18-8-16-9-19(22)13-24(28,11-16)12-18/h1-7,10,16,18-19,22,28H,8-9,11-14H2,(H,26,27). The van der Waals surface area contributed by atoms with E-state index in [-0.39, 0.29) is 17.8 Å². The molecular formula is C24H26FNO3. The highest BCUT2D eigenvalue weighted by atomic mass is 19.1. The number of carbonyl (C=O) groups excluding carboxylic acids is 1. The van der Waals surface area contributed by atoms with Crippen molar-refractivity contribution in [2.45, 2.75) is 50.4 Å². The monoisotopic (exact) mass is 395 g/mol. The lowest BCUT2D eigenvalue weighted by Crippen LogP contribution is -2.61. The number of halogens is 1. The summed E-state index contributed by atoms with van der Waals surface area (Å²) in [5, 5.41) is 14.0. The second-order valence-corrected chi connectivity index (χ2v) is 9.14. The van der Waals surface area contributed by atoms with Crippen molar-refractivity contribution in [3.8, 4) is 5.75 Å². The van der Waals surface area contributed by atoms with E-state index in [0.717, 1.165) is 37.7 Å². The van der Waals surface area contributed by atoms with Gasteiger partial charge >= 0.3 is 0 Å². The van der Waals surface area contributed by atoms with Gasteiger partial charge in [-0.2, -0.15) is 0 Å². The summed E-state index contributed by atoms with van der Waals surface area (Å²) in [7, 11) is 0. The van der Waals surface area contributed by atoms with Crippen LogP contribution in [0.5, 0.6) is 5.75 Å². The first-order valence-electron chi connectivity index (χ1n) is 10.5. The van der Waals surface area contributed by atoms with Gasteiger partial charge in [0.25, 0.3) is 5.91 Å². The molecule has 0 aliphatic heterocycles. The van der Waals surface area contributed by atoms with Gasteiger partial charge in [-0.05, 0) is 85.8 Å². The normalized spacial score (nSPS) is 32.2. The molecule has 0 radical (unpaired) electrons. The quantitative estimate of drug-likeness (QED) is 0.802. The molecule has 152 valence electrons. The van der Waals surface area contributed by atoms with Crippen LogP contribution in [0.25, 0.3) is 0 Å². The van der Waals surface area contributed by atoms with Crippen LogP contribution in [-0.4, -0.2) is 22.7 Å². The molecule has 4 bridgehead atoms. The molecule has 2 N–H and O–H groups in total. The fourth-order valence-corrected chi connectivity index (χ4v) is 5.93. The van der Waals surface area contributed by atoms with Crippen molar-refractivity contribution in [2.24, 2.45) is 17.8 Å². The molecule has 2 aromatic rings. The molecule has 5 heteroatoms. The molecule has 0 aromatic heterocycles. The third-order valence-electron chi connectivity index (χ3n) is 6.95. The highest BCUT2D eigenvalue weighted by molar-refractivity contribution is 5.94. The SMILES string of the molecule is O=C(NC1C2CC3CC1CC(O)(C3)C2)c1cccc(OCc2ccc(F)cc2)c1. The number of rotatable bonds is 5. The Morgan fingerprint density at radius 3 is 2.52 bits per heavy atom. The lowest BCUT2D eigenvalue weighted by atomic mass is 9.52. The molecule has 4 saturated carbocycles. The van der Waals surface area contributed by atoms with E-state index in [4.69, 9.17) is 4.74 Å². The zero-order chi connectivity index (χ0) is 20.0. The molecule has 4 fully saturated rings. The molecule has 0 saturated heterocycles. The Kier molecular flexibility index (Phi) is 4.58. The smallest absolute Gasteiger partial charge is 0.251 e. The summed E-state index contributed by atoms with van der Waals surface area (Å²) < 4.78 is 18.8. The van der Waals surface area contributed by atoms with E-state index in [1.165, 1.54) is 12.1 Å². The summed E-state index contributed by atoms with van der Waals surface area (Å²) in [6.07, 6.45) is 4.79. The summed E-state index contributed by atoms with van der Waals surface area (Å²) in [4.78, 5) is 12.9. The molecule has 4 aliphatic carbocycles. The van der Waals surface area contributed by atoms with Gasteiger partial charge in [-0.1, -0.05) is 18.2 Å². The Hall–Kier alpha value is -2.40. The van der Waals surface area contributed by atoms with Crippen LogP contribution in [0.2, 0.25) is 0 Å². The fraction of sp³-hybridized carbons (Fsp3) is 0.458. The number of ether oxygens (including phenoxy) is 1. The number of hydrogen-bond acceptors (Lipinski definition) is 3. The zero-order valence-electron chi connectivity index (χ0n) is 16.3. The third kappa shape index (κ3) is 3.76. The van der Waals surface area contributed by atoms with Gasteiger partial charge in [0, 0.05) is 11.6 Å². The van der Waals surface area contributed by atoms with Crippen LogP contribution in [0.3, 0.4) is 0 Å². The predicted molar refractivity (Wildman–Crippen MR) is 107 cm³/mol. The highest BCUT2D eigenvalue weighted by Gasteiger charge is 2.55. The summed E-state index contributed by atoms with van der Waals surface area (Å²) in [5.74, 6) is 1.64. The van der Waals surface area contributed by atoms with Crippen molar-refractivity contribution in [2.75, 3.05) is 0 Å². The topological polar surface area (TPSA) is 58.6 Å². The van der Waals surface area contributed by atoms with E-state index in [0.29, 0.717) is 35.7 Å². The first kappa shape index (κ1) is 18.6. The van der Waals surface area contributed by atoms with Crippen LogP contribution in [0, 0.1) is 23.6 Å². The average molecular weight is 395 g/mol. The van der Waals surface area contributed by atoms with E-state index >= 15 is 0 Å². The van der Waals surface area contributed by atoms with Crippen molar-refractivity contribution in [3.05, 3.63) is 65.5 Å². The van der Waals surface area contributed by atoms with Gasteiger partial charge in [0.15, 0.2) is 0 Å². The molecule has 4 aliphatic rings. The van der Waals surface area contributed by atoms with Gasteiger partial charge in [0.05, 0.1) is 5.60 Å². The number of benzene rings is 2. The molecular weight excluding hydrogens is 369 g/mol. The molecule has 2 unspecified atom stereocenters. The summed E-state index contributed by atoms with van der Waals surface area (Å²) in [6, 6.07) is 13.5. The van der Waals surface area contributed by atoms with Crippen molar-refractivity contribution in [3.63, 3.8) is 0 Å². The van der Waals surface area contributed by atoms with Crippen LogP contribution in [0.15, 0.2) is 48.5 Å². The van der Waals surface area contributed by atoms with Gasteiger partial charge in [-0.3, -0.25) is 4.79 Å². The Balaban J connectivity index is 1.24. The van der Waals surface area contributed by atoms with Gasteiger partial charge in [-0.25, -0.2) is 4.39 Å². The van der Waals surface area contributed by atoms with Crippen molar-refractivity contribution >= 4 is 5.91 Å². The van der Waals surface area contributed by atoms with E-state index in [1.807, 2.05) is 12.1 Å². The van der Waals surface area contributed by atoms with E-state index in [1.54, 1.807) is 24.3 Å². The van der Waals surface area contributed by atoms with E-state index < -0.39 is 5.60 Å². The Bertz CT molecular complexity index is 897. The average Bonchev–Trinajstić information content (AvgIpc) is 2.69. The number of aliphatic hydroxyl groups is 1. The molecule has 6 rings (SSSR count). The minimum absolute atomic E-state index is 0.0818. The summed E-state index contributed by atoms with van der Waals surface area (Å²) in [5.41, 5.74) is 0.952. The van der Waals surface area contributed by atoms with Crippen LogP contribution >= 0.6 is 0 Å². The Morgan fingerprint density at radius 2 is 1.83 bits per heavy atom. The van der Waals surface area contributed by atoms with E-state index in [2.05, 4.69) is 5.32 Å². The number of hydrogen-bond donors (Lipinski definition) is 2. The number of carbonyl (C=O) groups is 1. The fourth-order valence-electron chi connectivity index (χ4n) is 5.93. The second kappa shape index (κ2) is 7.13. The number of nitrogens with one attached hydrogen (secondary N) is 1. The first-order valence-corrected chi connectivity index (χ1v) is 10.5. The maximum Gasteiger partial charge on any atom is 0.251 e. The zero-order valence-corrected chi connectivity index (χ0v) is 16.3. The maximum atomic E-state index is 13.0. The number of amides is 1. The Labute approximate surface area is 170 Å². The van der Waals surface area contributed by atoms with E-state index in [9.17, 15) is 14.3 Å². The molecule has 1 amide bonds. The second-order valence-electron chi connectivity index (χ2n) is 9.14. The van der Waals surface area contributed by atoms with Crippen LogP contribution in [-0.2, 0) is 6.61 Å². The van der Waals surface area contributed by atoms with Crippen LogP contribution < -0.4 is 10.1 Å². The third-order valence-corrected chi connectivity index (χ3v) is 6.95. The first-order chi connectivity index (χ1) is 14.0. The summed E-state index contributed by atoms with van der Waals surface area (Å²) >= 11 is 0. The van der Waals surface area contributed by atoms with Gasteiger partial charge in [0.2, 0.25) is 0 Å². The largest absolute Gasteiger partial charge is 0.489 e. The van der Waals surface area contributed by atoms with Crippen LogP contribution in [0.1, 0.15) is 48.0 Å². The Morgan fingerprint density at radius 1 is 1.10 bits per heavy atom. The molecule has 2 atom stereocenters. The molecule has 2 aromatic carbocycles.